The van der Waals surface area contributed by atoms with Crippen LogP contribution in [-0.2, 0) is 9.30 Å². The van der Waals surface area contributed by atoms with Gasteiger partial charge in [0.05, 0.1) is 32.0 Å². The molecule has 364 valence electrons. The van der Waals surface area contributed by atoms with Gasteiger partial charge >= 0.3 is 13.6 Å². The van der Waals surface area contributed by atoms with Crippen molar-refractivity contribution < 1.29 is 38.1 Å². The summed E-state index contributed by atoms with van der Waals surface area (Å²) in [5.74, 6) is 1.44. The van der Waals surface area contributed by atoms with Crippen molar-refractivity contribution in [2.45, 2.75) is 265 Å². The zero-order valence-electron chi connectivity index (χ0n) is 40.9. The van der Waals surface area contributed by atoms with E-state index in [0.717, 1.165) is 83.5 Å². The minimum Gasteiger partial charge on any atom is -0.490 e. The molecule has 1 rings (SSSR count). The molecular weight excluding hydrogens is 796 g/mol. The van der Waals surface area contributed by atoms with Gasteiger partial charge in [-0.3, -0.25) is 4.57 Å². The van der Waals surface area contributed by atoms with Gasteiger partial charge in [0.1, 0.15) is 0 Å². The zero-order chi connectivity index (χ0) is 45.0. The molecule has 0 bridgehead atoms. The molecule has 0 amide bonds. The van der Waals surface area contributed by atoms with Crippen LogP contribution < -0.4 is 14.2 Å². The van der Waals surface area contributed by atoms with Crippen LogP contribution in [0.1, 0.15) is 275 Å². The molecule has 0 unspecified atom stereocenters. The maximum atomic E-state index is 13.5. The molecule has 0 aliphatic rings. The Kier molecular flexibility index (Phi) is 40.5. The first-order valence-electron chi connectivity index (χ1n) is 26.6. The Morgan fingerprint density at radius 1 is 0.403 bits per heavy atom. The third-order valence-corrected chi connectivity index (χ3v) is 13.0. The average molecular weight is 895 g/mol. The number of ether oxygens (including phenoxy) is 4. The number of benzene rings is 1. The van der Waals surface area contributed by atoms with Gasteiger partial charge in [-0.15, -0.1) is 0 Å². The number of carbonyl (C=O) groups is 1. The minimum absolute atomic E-state index is 0.0204. The van der Waals surface area contributed by atoms with Gasteiger partial charge in [-0.1, -0.05) is 233 Å². The SMILES string of the molecule is CCCCCCCCCCCCOc1cc(C(=O)OCCCCCCCCCCP(=O)(O)O)cc(OCCCCCCCCCCCC)c1OCCCCCCCCCCCC. The first kappa shape index (κ1) is 58.3. The molecule has 9 heteroatoms. The summed E-state index contributed by atoms with van der Waals surface area (Å²) < 4.78 is 36.3. The van der Waals surface area contributed by atoms with E-state index in [4.69, 9.17) is 28.7 Å². The van der Waals surface area contributed by atoms with Crippen molar-refractivity contribution in [3.63, 3.8) is 0 Å². The summed E-state index contributed by atoms with van der Waals surface area (Å²) in [4.78, 5) is 31.6. The molecule has 0 saturated heterocycles. The first-order valence-corrected chi connectivity index (χ1v) is 28.4. The molecule has 0 aromatic heterocycles. The highest BCUT2D eigenvalue weighted by molar-refractivity contribution is 7.51. The molecule has 1 aromatic carbocycles. The Balaban J connectivity index is 2.86. The Hall–Kier alpha value is -1.76. The largest absolute Gasteiger partial charge is 0.490 e. The van der Waals surface area contributed by atoms with Crippen LogP contribution in [-0.4, -0.2) is 48.3 Å². The van der Waals surface area contributed by atoms with Gasteiger partial charge < -0.3 is 28.7 Å². The van der Waals surface area contributed by atoms with E-state index in [1.165, 1.54) is 154 Å². The summed E-state index contributed by atoms with van der Waals surface area (Å²) in [6, 6.07) is 3.62. The predicted octanol–water partition coefficient (Wildman–Crippen LogP) is 17.0. The lowest BCUT2D eigenvalue weighted by Crippen LogP contribution is -2.11. The fraction of sp³-hybridized carbons (Fsp3) is 0.868. The smallest absolute Gasteiger partial charge is 0.338 e. The van der Waals surface area contributed by atoms with Crippen LogP contribution >= 0.6 is 7.60 Å². The third-order valence-electron chi connectivity index (χ3n) is 12.1. The zero-order valence-corrected chi connectivity index (χ0v) is 41.7. The number of hydrogen-bond donors (Lipinski definition) is 2. The van der Waals surface area contributed by atoms with Gasteiger partial charge in [0.2, 0.25) is 5.75 Å². The summed E-state index contributed by atoms with van der Waals surface area (Å²) in [5.41, 5.74) is 0.447. The monoisotopic (exact) mass is 895 g/mol. The van der Waals surface area contributed by atoms with E-state index in [1.807, 2.05) is 12.1 Å². The fourth-order valence-corrected chi connectivity index (χ4v) is 8.72. The van der Waals surface area contributed by atoms with Crippen molar-refractivity contribution in [2.75, 3.05) is 32.6 Å². The third kappa shape index (κ3) is 36.6. The van der Waals surface area contributed by atoms with Crippen LogP contribution in [0.15, 0.2) is 12.1 Å². The van der Waals surface area contributed by atoms with Crippen LogP contribution in [0.25, 0.3) is 0 Å². The Morgan fingerprint density at radius 2 is 0.677 bits per heavy atom. The number of hydrogen-bond acceptors (Lipinski definition) is 6. The molecule has 8 nitrogen and oxygen atoms in total. The standard InChI is InChI=1S/C53H99O8P/c1-4-7-10-13-16-19-22-27-32-37-42-58-50-47-49(53(54)61-45-40-35-30-25-26-31-36-41-46-62(55,56)57)48-51(59-43-38-33-28-23-20-17-14-11-8-5-2)52(50)60-44-39-34-29-24-21-18-15-12-9-6-3/h47-48H,4-46H2,1-3H3,(H2,55,56,57). The molecule has 0 fully saturated rings. The second-order valence-corrected chi connectivity index (χ2v) is 20.0. The maximum absolute atomic E-state index is 13.5. The second kappa shape index (κ2) is 43.1. The van der Waals surface area contributed by atoms with Crippen LogP contribution in [0.2, 0.25) is 0 Å². The molecule has 0 atom stereocenters. The van der Waals surface area contributed by atoms with Crippen LogP contribution in [0.3, 0.4) is 0 Å². The summed E-state index contributed by atoms with van der Waals surface area (Å²) in [5, 5.41) is 0. The molecule has 0 aliphatic heterocycles. The summed E-state index contributed by atoms with van der Waals surface area (Å²) >= 11 is 0. The molecule has 0 heterocycles. The number of unbranched alkanes of at least 4 members (excludes halogenated alkanes) is 34. The van der Waals surface area contributed by atoms with Crippen molar-refractivity contribution in [1.29, 1.82) is 0 Å². The maximum Gasteiger partial charge on any atom is 0.338 e. The van der Waals surface area contributed by atoms with Crippen LogP contribution in [0.4, 0.5) is 0 Å². The molecule has 0 saturated carbocycles. The molecule has 1 aromatic rings. The number of carbonyl (C=O) groups excluding carboxylic acids is 1. The Bertz CT molecular complexity index is 1140. The van der Waals surface area contributed by atoms with Crippen molar-refractivity contribution in [3.05, 3.63) is 17.7 Å². The molecule has 2 N–H and O–H groups in total. The van der Waals surface area contributed by atoms with Gasteiger partial charge in [-0.2, -0.15) is 0 Å². The van der Waals surface area contributed by atoms with Crippen molar-refractivity contribution in [3.8, 4) is 17.2 Å². The highest BCUT2D eigenvalue weighted by Crippen LogP contribution is 2.40. The highest BCUT2D eigenvalue weighted by atomic mass is 31.2. The molecule has 0 radical (unpaired) electrons. The van der Waals surface area contributed by atoms with Gasteiger partial charge in [0.15, 0.2) is 11.5 Å². The Morgan fingerprint density at radius 3 is 1.00 bits per heavy atom. The molecular formula is C53H99O8P. The average Bonchev–Trinajstić information content (AvgIpc) is 3.25. The highest BCUT2D eigenvalue weighted by Gasteiger charge is 2.20. The lowest BCUT2D eigenvalue weighted by atomic mass is 10.1. The van der Waals surface area contributed by atoms with Crippen LogP contribution in [0, 0.1) is 0 Å². The van der Waals surface area contributed by atoms with Crippen LogP contribution in [0.5, 0.6) is 17.2 Å². The van der Waals surface area contributed by atoms with E-state index < -0.39 is 7.60 Å². The quantitative estimate of drug-likeness (QED) is 0.0378. The molecule has 62 heavy (non-hydrogen) atoms. The van der Waals surface area contributed by atoms with Crippen molar-refractivity contribution >= 4 is 13.6 Å². The summed E-state index contributed by atoms with van der Waals surface area (Å²) in [6.07, 6.45) is 45.2. The number of rotatable bonds is 48. The second-order valence-electron chi connectivity index (χ2n) is 18.2. The topological polar surface area (TPSA) is 112 Å². The van der Waals surface area contributed by atoms with E-state index in [2.05, 4.69) is 20.8 Å². The summed E-state index contributed by atoms with van der Waals surface area (Å²) in [7, 11) is -3.88. The molecule has 0 spiro atoms. The lowest BCUT2D eigenvalue weighted by Gasteiger charge is -2.19. The number of esters is 1. The fourth-order valence-electron chi connectivity index (χ4n) is 8.09. The van der Waals surface area contributed by atoms with Gasteiger partial charge in [0.25, 0.3) is 0 Å². The van der Waals surface area contributed by atoms with E-state index in [-0.39, 0.29) is 12.1 Å². The van der Waals surface area contributed by atoms with Gasteiger partial charge in [-0.25, -0.2) is 4.79 Å². The molecule has 0 aliphatic carbocycles. The normalized spacial score (nSPS) is 11.6. The van der Waals surface area contributed by atoms with E-state index >= 15 is 0 Å². The van der Waals surface area contributed by atoms with Gasteiger partial charge in [-0.05, 0) is 44.2 Å². The minimum atomic E-state index is -3.88. The van der Waals surface area contributed by atoms with Crippen molar-refractivity contribution in [2.24, 2.45) is 0 Å². The predicted molar refractivity (Wildman–Crippen MR) is 263 cm³/mol. The van der Waals surface area contributed by atoms with E-state index in [1.54, 1.807) is 0 Å². The van der Waals surface area contributed by atoms with Crippen molar-refractivity contribution in [1.82, 2.24) is 0 Å². The lowest BCUT2D eigenvalue weighted by molar-refractivity contribution is 0.0496. The summed E-state index contributed by atoms with van der Waals surface area (Å²) in [6.45, 7) is 8.92. The van der Waals surface area contributed by atoms with E-state index in [9.17, 15) is 9.36 Å². The van der Waals surface area contributed by atoms with E-state index in [0.29, 0.717) is 55.7 Å². The Labute approximate surface area is 382 Å². The first-order chi connectivity index (χ1) is 30.3. The van der Waals surface area contributed by atoms with Gasteiger partial charge in [0, 0.05) is 6.16 Å².